The van der Waals surface area contributed by atoms with Gasteiger partial charge in [-0.25, -0.2) is 8.42 Å². The minimum absolute atomic E-state index is 0. The molecule has 0 aliphatic carbocycles. The zero-order chi connectivity index (χ0) is 14.5. The molecule has 1 fully saturated rings. The SMILES string of the molecule is CCNCC1CCN(C(=O)CS(=O)(=O)C(C)C)CC1.Cl. The topological polar surface area (TPSA) is 66.5 Å². The van der Waals surface area contributed by atoms with Gasteiger partial charge in [0.25, 0.3) is 0 Å². The third-order valence-corrected chi connectivity index (χ3v) is 5.78. The summed E-state index contributed by atoms with van der Waals surface area (Å²) in [5, 5.41) is 2.83. The fourth-order valence-electron chi connectivity index (χ4n) is 2.17. The van der Waals surface area contributed by atoms with Crippen LogP contribution in [0, 0.1) is 5.92 Å². The Balaban J connectivity index is 0.00000361. The van der Waals surface area contributed by atoms with Gasteiger partial charge in [-0.2, -0.15) is 0 Å². The molecule has 0 aromatic carbocycles. The Morgan fingerprint density at radius 1 is 1.30 bits per heavy atom. The number of hydrogen-bond acceptors (Lipinski definition) is 4. The van der Waals surface area contributed by atoms with Crippen molar-refractivity contribution in [1.82, 2.24) is 10.2 Å². The van der Waals surface area contributed by atoms with Crippen LogP contribution in [0.3, 0.4) is 0 Å². The molecule has 1 N–H and O–H groups in total. The Hall–Kier alpha value is -0.330. The molecule has 20 heavy (non-hydrogen) atoms. The number of halogens is 1. The number of likely N-dealkylation sites (tertiary alicyclic amines) is 1. The summed E-state index contributed by atoms with van der Waals surface area (Å²) < 4.78 is 23.5. The fourth-order valence-corrected chi connectivity index (χ4v) is 3.03. The summed E-state index contributed by atoms with van der Waals surface area (Å²) >= 11 is 0. The van der Waals surface area contributed by atoms with Crippen molar-refractivity contribution in [2.45, 2.75) is 38.9 Å². The third kappa shape index (κ3) is 5.97. The second-order valence-electron chi connectivity index (χ2n) is 5.49. The molecule has 1 heterocycles. The second-order valence-corrected chi connectivity index (χ2v) is 8.04. The van der Waals surface area contributed by atoms with Crippen molar-refractivity contribution in [3.8, 4) is 0 Å². The van der Waals surface area contributed by atoms with Gasteiger partial charge in [-0.3, -0.25) is 4.79 Å². The molecule has 0 spiro atoms. The zero-order valence-electron chi connectivity index (χ0n) is 12.6. The van der Waals surface area contributed by atoms with E-state index in [4.69, 9.17) is 0 Å². The first kappa shape index (κ1) is 19.7. The summed E-state index contributed by atoms with van der Waals surface area (Å²) in [6, 6.07) is 0. The summed E-state index contributed by atoms with van der Waals surface area (Å²) in [4.78, 5) is 13.7. The summed E-state index contributed by atoms with van der Waals surface area (Å²) in [5.74, 6) is 0.0176. The first-order valence-electron chi connectivity index (χ1n) is 7.07. The molecule has 0 aromatic rings. The van der Waals surface area contributed by atoms with E-state index in [0.29, 0.717) is 19.0 Å². The molecule has 0 bridgehead atoms. The highest BCUT2D eigenvalue weighted by atomic mass is 35.5. The van der Waals surface area contributed by atoms with Crippen LogP contribution in [0.15, 0.2) is 0 Å². The minimum Gasteiger partial charge on any atom is -0.342 e. The number of amides is 1. The molecular formula is C13H27ClN2O3S. The predicted octanol–water partition coefficient (Wildman–Crippen LogP) is 1.08. The van der Waals surface area contributed by atoms with Gasteiger partial charge in [0, 0.05) is 13.1 Å². The van der Waals surface area contributed by atoms with E-state index in [-0.39, 0.29) is 24.1 Å². The summed E-state index contributed by atoms with van der Waals surface area (Å²) in [5.41, 5.74) is 0. The average molecular weight is 327 g/mol. The number of nitrogens with zero attached hydrogens (tertiary/aromatic N) is 1. The van der Waals surface area contributed by atoms with E-state index in [1.165, 1.54) is 0 Å². The van der Waals surface area contributed by atoms with Gasteiger partial charge in [0.2, 0.25) is 5.91 Å². The Labute approximate surface area is 128 Å². The molecule has 1 saturated heterocycles. The van der Waals surface area contributed by atoms with E-state index < -0.39 is 15.1 Å². The minimum atomic E-state index is -3.28. The molecule has 0 saturated carbocycles. The normalized spacial score (nSPS) is 17.1. The van der Waals surface area contributed by atoms with Crippen molar-refractivity contribution < 1.29 is 13.2 Å². The number of nitrogens with one attached hydrogen (secondary N) is 1. The smallest absolute Gasteiger partial charge is 0.237 e. The maximum absolute atomic E-state index is 12.0. The lowest BCUT2D eigenvalue weighted by atomic mass is 9.97. The molecule has 0 radical (unpaired) electrons. The van der Waals surface area contributed by atoms with Gasteiger partial charge in [0.05, 0.1) is 5.25 Å². The highest BCUT2D eigenvalue weighted by molar-refractivity contribution is 7.92. The number of hydrogen-bond donors (Lipinski definition) is 1. The Morgan fingerprint density at radius 2 is 1.85 bits per heavy atom. The van der Waals surface area contributed by atoms with Gasteiger partial charge in [-0.1, -0.05) is 6.92 Å². The van der Waals surface area contributed by atoms with Crippen LogP contribution in [-0.4, -0.2) is 56.4 Å². The highest BCUT2D eigenvalue weighted by Gasteiger charge is 2.27. The molecule has 1 rings (SSSR count). The number of carbonyl (C=O) groups is 1. The molecule has 1 amide bonds. The molecule has 5 nitrogen and oxygen atoms in total. The number of rotatable bonds is 6. The third-order valence-electron chi connectivity index (χ3n) is 3.69. The van der Waals surface area contributed by atoms with Gasteiger partial charge < -0.3 is 10.2 Å². The van der Waals surface area contributed by atoms with Crippen LogP contribution in [0.2, 0.25) is 0 Å². The van der Waals surface area contributed by atoms with Crippen LogP contribution in [0.1, 0.15) is 33.6 Å². The summed E-state index contributed by atoms with van der Waals surface area (Å²) in [7, 11) is -3.28. The van der Waals surface area contributed by atoms with Gasteiger partial charge in [0.1, 0.15) is 5.75 Å². The number of piperidine rings is 1. The van der Waals surface area contributed by atoms with E-state index >= 15 is 0 Å². The fraction of sp³-hybridized carbons (Fsp3) is 0.923. The maximum Gasteiger partial charge on any atom is 0.237 e. The van der Waals surface area contributed by atoms with E-state index in [1.807, 2.05) is 0 Å². The Kier molecular flexibility index (Phi) is 8.70. The lowest BCUT2D eigenvalue weighted by molar-refractivity contribution is -0.129. The van der Waals surface area contributed by atoms with Crippen LogP contribution in [0.25, 0.3) is 0 Å². The van der Waals surface area contributed by atoms with Crippen LogP contribution >= 0.6 is 12.4 Å². The van der Waals surface area contributed by atoms with Gasteiger partial charge in [-0.05, 0) is 45.7 Å². The molecule has 7 heteroatoms. The molecule has 120 valence electrons. The van der Waals surface area contributed by atoms with Crippen molar-refractivity contribution in [2.24, 2.45) is 5.92 Å². The molecule has 0 unspecified atom stereocenters. The molecule has 0 atom stereocenters. The van der Waals surface area contributed by atoms with Crippen molar-refractivity contribution in [2.75, 3.05) is 31.9 Å². The van der Waals surface area contributed by atoms with E-state index in [9.17, 15) is 13.2 Å². The second kappa shape index (κ2) is 8.85. The molecule has 1 aliphatic rings. The molecule has 0 aromatic heterocycles. The van der Waals surface area contributed by atoms with E-state index in [0.717, 1.165) is 25.9 Å². The standard InChI is InChI=1S/C13H26N2O3S.ClH/c1-4-14-9-12-5-7-15(8-6-12)13(16)10-19(17,18)11(2)3;/h11-12,14H,4-10H2,1-3H3;1H. The van der Waals surface area contributed by atoms with E-state index in [2.05, 4.69) is 12.2 Å². The molecule has 1 aliphatic heterocycles. The van der Waals surface area contributed by atoms with Crippen LogP contribution in [0.5, 0.6) is 0 Å². The Morgan fingerprint density at radius 3 is 2.30 bits per heavy atom. The largest absolute Gasteiger partial charge is 0.342 e. The van der Waals surface area contributed by atoms with Gasteiger partial charge in [0.15, 0.2) is 9.84 Å². The van der Waals surface area contributed by atoms with Crippen LogP contribution < -0.4 is 5.32 Å². The first-order chi connectivity index (χ1) is 8.86. The van der Waals surface area contributed by atoms with Crippen molar-refractivity contribution in [3.05, 3.63) is 0 Å². The average Bonchev–Trinajstić information content (AvgIpc) is 2.36. The van der Waals surface area contributed by atoms with Crippen LogP contribution in [0.4, 0.5) is 0 Å². The number of sulfone groups is 1. The maximum atomic E-state index is 12.0. The number of carbonyl (C=O) groups excluding carboxylic acids is 1. The first-order valence-corrected chi connectivity index (χ1v) is 8.78. The molecular weight excluding hydrogens is 300 g/mol. The summed E-state index contributed by atoms with van der Waals surface area (Å²) in [6.45, 7) is 8.63. The lowest BCUT2D eigenvalue weighted by Crippen LogP contribution is -2.43. The predicted molar refractivity (Wildman–Crippen MR) is 84.0 cm³/mol. The monoisotopic (exact) mass is 326 g/mol. The lowest BCUT2D eigenvalue weighted by Gasteiger charge is -2.32. The van der Waals surface area contributed by atoms with E-state index in [1.54, 1.807) is 18.7 Å². The van der Waals surface area contributed by atoms with Crippen molar-refractivity contribution >= 4 is 28.2 Å². The van der Waals surface area contributed by atoms with Gasteiger partial charge >= 0.3 is 0 Å². The quantitative estimate of drug-likeness (QED) is 0.793. The van der Waals surface area contributed by atoms with Gasteiger partial charge in [-0.15, -0.1) is 12.4 Å². The zero-order valence-corrected chi connectivity index (χ0v) is 14.2. The van der Waals surface area contributed by atoms with Crippen molar-refractivity contribution in [3.63, 3.8) is 0 Å². The highest BCUT2D eigenvalue weighted by Crippen LogP contribution is 2.17. The Bertz CT molecular complexity index is 390. The summed E-state index contributed by atoms with van der Waals surface area (Å²) in [6.07, 6.45) is 1.92. The van der Waals surface area contributed by atoms with Crippen molar-refractivity contribution in [1.29, 1.82) is 0 Å². The van der Waals surface area contributed by atoms with Crippen LogP contribution in [-0.2, 0) is 14.6 Å².